The number of ether oxygens (including phenoxy) is 1. The molecule has 240 valence electrons. The maximum absolute atomic E-state index is 13.7. The molecule has 3 aromatic rings. The standard InChI is InChI=1S/C32H37FN4O7S/c1-32(2,3)44-31(40)37(27-20-25(27)21-8-10-24(33)11-9-21)14-12-26(30(39)36-15-18-45(41,42)19-16-36)35-28(38)22-4-6-23(7-5-22)29-34-13-17-43-29/h4-11,13,17,25-27H,12,14-16,18-20H2,1-3H3,(H,35,38)/t25-,26-,27+/m0/s1. The fourth-order valence-electron chi connectivity index (χ4n) is 5.36. The molecule has 2 aliphatic rings. The molecule has 1 aliphatic heterocycles. The van der Waals surface area contributed by atoms with E-state index in [-0.39, 0.29) is 55.3 Å². The number of nitrogens with zero attached hydrogens (tertiary/aromatic N) is 3. The van der Waals surface area contributed by atoms with Gasteiger partial charge >= 0.3 is 6.09 Å². The third kappa shape index (κ3) is 8.27. The Morgan fingerprint density at radius 2 is 1.76 bits per heavy atom. The molecule has 1 saturated carbocycles. The lowest BCUT2D eigenvalue weighted by Gasteiger charge is -2.32. The van der Waals surface area contributed by atoms with Crippen LogP contribution in [-0.4, -0.2) is 89.9 Å². The minimum atomic E-state index is -3.24. The highest BCUT2D eigenvalue weighted by Crippen LogP contribution is 2.45. The molecule has 11 nitrogen and oxygen atoms in total. The summed E-state index contributed by atoms with van der Waals surface area (Å²) in [7, 11) is -3.24. The summed E-state index contributed by atoms with van der Waals surface area (Å²) in [5.41, 5.74) is 1.09. The summed E-state index contributed by atoms with van der Waals surface area (Å²) in [6.07, 6.45) is 3.11. The molecule has 1 saturated heterocycles. The monoisotopic (exact) mass is 640 g/mol. The molecule has 2 aromatic carbocycles. The van der Waals surface area contributed by atoms with Gasteiger partial charge in [-0.15, -0.1) is 0 Å². The van der Waals surface area contributed by atoms with Gasteiger partial charge in [0.15, 0.2) is 9.84 Å². The Morgan fingerprint density at radius 3 is 2.36 bits per heavy atom. The Bertz CT molecular complexity index is 1610. The lowest BCUT2D eigenvalue weighted by atomic mass is 10.1. The molecule has 0 radical (unpaired) electrons. The number of sulfone groups is 1. The number of hydrogen-bond donors (Lipinski definition) is 1. The largest absolute Gasteiger partial charge is 0.445 e. The van der Waals surface area contributed by atoms with Crippen molar-refractivity contribution in [2.45, 2.75) is 57.2 Å². The van der Waals surface area contributed by atoms with Crippen LogP contribution in [0.4, 0.5) is 9.18 Å². The van der Waals surface area contributed by atoms with Crippen molar-refractivity contribution in [3.8, 4) is 11.5 Å². The third-order valence-electron chi connectivity index (χ3n) is 7.83. The van der Waals surface area contributed by atoms with Crippen molar-refractivity contribution in [2.24, 2.45) is 0 Å². The highest BCUT2D eigenvalue weighted by molar-refractivity contribution is 7.91. The molecule has 1 aliphatic carbocycles. The van der Waals surface area contributed by atoms with Crippen molar-refractivity contribution in [1.29, 1.82) is 0 Å². The van der Waals surface area contributed by atoms with E-state index in [4.69, 9.17) is 9.15 Å². The van der Waals surface area contributed by atoms with Gasteiger partial charge in [0.1, 0.15) is 23.7 Å². The van der Waals surface area contributed by atoms with Crippen molar-refractivity contribution >= 4 is 27.7 Å². The van der Waals surface area contributed by atoms with Crippen molar-refractivity contribution in [1.82, 2.24) is 20.1 Å². The van der Waals surface area contributed by atoms with Gasteiger partial charge in [0.05, 0.1) is 17.7 Å². The Labute approximate surface area is 261 Å². The molecule has 0 spiro atoms. The van der Waals surface area contributed by atoms with Crippen molar-refractivity contribution in [2.75, 3.05) is 31.1 Å². The van der Waals surface area contributed by atoms with E-state index in [0.29, 0.717) is 23.4 Å². The van der Waals surface area contributed by atoms with Gasteiger partial charge in [-0.25, -0.2) is 22.6 Å². The highest BCUT2D eigenvalue weighted by Gasteiger charge is 2.46. The number of amides is 3. The second-order valence-electron chi connectivity index (χ2n) is 12.3. The lowest BCUT2D eigenvalue weighted by molar-refractivity contribution is -0.133. The van der Waals surface area contributed by atoms with Gasteiger partial charge in [-0.1, -0.05) is 12.1 Å². The molecule has 2 heterocycles. The van der Waals surface area contributed by atoms with E-state index < -0.39 is 39.4 Å². The topological polar surface area (TPSA) is 139 Å². The van der Waals surface area contributed by atoms with Gasteiger partial charge in [-0.3, -0.25) is 9.59 Å². The minimum Gasteiger partial charge on any atom is -0.445 e. The van der Waals surface area contributed by atoms with Crippen LogP contribution >= 0.6 is 0 Å². The number of nitrogens with one attached hydrogen (secondary N) is 1. The van der Waals surface area contributed by atoms with Crippen LogP contribution in [0.2, 0.25) is 0 Å². The number of halogens is 1. The first-order valence-electron chi connectivity index (χ1n) is 14.8. The molecule has 45 heavy (non-hydrogen) atoms. The summed E-state index contributed by atoms with van der Waals surface area (Å²) < 4.78 is 48.6. The first kappa shape index (κ1) is 32.1. The van der Waals surface area contributed by atoms with Crippen LogP contribution in [0.25, 0.3) is 11.5 Å². The third-order valence-corrected chi connectivity index (χ3v) is 9.44. The molecular weight excluding hydrogens is 603 g/mol. The first-order valence-corrected chi connectivity index (χ1v) is 16.7. The normalized spacial score (nSPS) is 19.8. The molecule has 0 unspecified atom stereocenters. The smallest absolute Gasteiger partial charge is 0.410 e. The van der Waals surface area contributed by atoms with Crippen molar-refractivity contribution in [3.05, 3.63) is 77.9 Å². The summed E-state index contributed by atoms with van der Waals surface area (Å²) in [6.45, 7) is 5.41. The second-order valence-corrected chi connectivity index (χ2v) is 14.6. The Hall–Kier alpha value is -4.26. The van der Waals surface area contributed by atoms with E-state index in [9.17, 15) is 27.2 Å². The quantitative estimate of drug-likeness (QED) is 0.370. The van der Waals surface area contributed by atoms with Crippen LogP contribution in [0.1, 0.15) is 55.5 Å². The summed E-state index contributed by atoms with van der Waals surface area (Å²) in [4.78, 5) is 47.6. The van der Waals surface area contributed by atoms with Gasteiger partial charge in [0.25, 0.3) is 5.91 Å². The van der Waals surface area contributed by atoms with Gasteiger partial charge in [-0.2, -0.15) is 0 Å². The summed E-state index contributed by atoms with van der Waals surface area (Å²) in [6, 6.07) is 11.4. The molecule has 1 aromatic heterocycles. The predicted octanol–water partition coefficient (Wildman–Crippen LogP) is 4.02. The van der Waals surface area contributed by atoms with Crippen LogP contribution in [0.15, 0.2) is 65.4 Å². The van der Waals surface area contributed by atoms with E-state index in [1.54, 1.807) is 62.1 Å². The molecule has 2 fully saturated rings. The molecule has 0 bridgehead atoms. The number of oxazole rings is 1. The fraction of sp³-hybridized carbons (Fsp3) is 0.438. The zero-order valence-electron chi connectivity index (χ0n) is 25.4. The number of benzene rings is 2. The van der Waals surface area contributed by atoms with Crippen LogP contribution in [-0.2, 0) is 19.4 Å². The van der Waals surface area contributed by atoms with Gasteiger partial charge in [0, 0.05) is 42.7 Å². The summed E-state index contributed by atoms with van der Waals surface area (Å²) in [5.74, 6) is -1.23. The Morgan fingerprint density at radius 1 is 1.09 bits per heavy atom. The van der Waals surface area contributed by atoms with E-state index >= 15 is 0 Å². The van der Waals surface area contributed by atoms with Crippen molar-refractivity contribution < 1.29 is 36.3 Å². The zero-order chi connectivity index (χ0) is 32.4. The minimum absolute atomic E-state index is 0.0173. The maximum atomic E-state index is 13.7. The summed E-state index contributed by atoms with van der Waals surface area (Å²) in [5, 5.41) is 2.82. The SMILES string of the molecule is CC(C)(C)OC(=O)N(CC[C@H](NC(=O)c1ccc(-c2ncco2)cc1)C(=O)N1CCS(=O)(=O)CC1)[C@@H]1C[C@H]1c1ccc(F)cc1. The van der Waals surface area contributed by atoms with Gasteiger partial charge in [0.2, 0.25) is 11.8 Å². The number of aromatic nitrogens is 1. The Balaban J connectivity index is 1.34. The van der Waals surface area contributed by atoms with Crippen LogP contribution in [0, 0.1) is 5.82 Å². The summed E-state index contributed by atoms with van der Waals surface area (Å²) >= 11 is 0. The number of hydrogen-bond acceptors (Lipinski definition) is 8. The molecular formula is C32H37FN4O7S. The van der Waals surface area contributed by atoms with Crippen molar-refractivity contribution in [3.63, 3.8) is 0 Å². The number of rotatable bonds is 9. The molecule has 5 rings (SSSR count). The fourth-order valence-corrected chi connectivity index (χ4v) is 6.56. The van der Waals surface area contributed by atoms with Gasteiger partial charge < -0.3 is 24.3 Å². The van der Waals surface area contributed by atoms with Crippen LogP contribution in [0.3, 0.4) is 0 Å². The number of carbonyl (C=O) groups is 3. The molecule has 3 amide bonds. The Kier molecular flexibility index (Phi) is 9.28. The highest BCUT2D eigenvalue weighted by atomic mass is 32.2. The lowest BCUT2D eigenvalue weighted by Crippen LogP contribution is -2.54. The van der Waals surface area contributed by atoms with E-state index in [0.717, 1.165) is 5.56 Å². The second kappa shape index (κ2) is 13.0. The van der Waals surface area contributed by atoms with Gasteiger partial charge in [-0.05, 0) is 75.6 Å². The van der Waals surface area contributed by atoms with E-state index in [1.165, 1.54) is 29.5 Å². The average Bonchev–Trinajstić information content (AvgIpc) is 3.56. The maximum Gasteiger partial charge on any atom is 0.410 e. The van der Waals surface area contributed by atoms with Crippen LogP contribution in [0.5, 0.6) is 0 Å². The first-order chi connectivity index (χ1) is 21.3. The van der Waals surface area contributed by atoms with E-state index in [1.807, 2.05) is 0 Å². The average molecular weight is 641 g/mol. The van der Waals surface area contributed by atoms with Crippen LogP contribution < -0.4 is 5.32 Å². The van der Waals surface area contributed by atoms with E-state index in [2.05, 4.69) is 10.3 Å². The zero-order valence-corrected chi connectivity index (χ0v) is 26.3. The molecule has 1 N–H and O–H groups in total. The predicted molar refractivity (Wildman–Crippen MR) is 164 cm³/mol. The number of carbonyl (C=O) groups excluding carboxylic acids is 3. The molecule has 3 atom stereocenters. The molecule has 13 heteroatoms.